The fraction of sp³-hybridized carbons (Fsp3) is 0.333. The van der Waals surface area contributed by atoms with Crippen LogP contribution in [-0.4, -0.2) is 14.2 Å². The van der Waals surface area contributed by atoms with Crippen molar-refractivity contribution in [2.45, 2.75) is 105 Å². The molecule has 2 heterocycles. The van der Waals surface area contributed by atoms with Crippen LogP contribution in [0.2, 0.25) is 0 Å². The standard InChI is InChI=1S/C54H60O8P2/c1-51(2,3)37-31-39(53(7,8)9)49(61-63-57-41-27-19-15-23-33(41)34-24-16-20-28-42(34)58-63)45(47(37)55-13)46-48(56-14)38(52(4,5)6)32-40(54(10,11)12)50(46)62-64-59-43-29-21-17-25-35(43)36-26-18-22-30-44(36)60-64/h15-32H,1-14H3. The molecule has 0 bridgehead atoms. The molecular formula is C54H60O8P2. The van der Waals surface area contributed by atoms with Crippen molar-refractivity contribution in [1.29, 1.82) is 0 Å². The topological polar surface area (TPSA) is 89.5 Å². The van der Waals surface area contributed by atoms with Gasteiger partial charge in [-0.1, -0.05) is 156 Å². The van der Waals surface area contributed by atoms with Crippen molar-refractivity contribution < 1.29 is 35.3 Å². The molecule has 0 radical (unpaired) electrons. The molecule has 0 fully saturated rings. The average molecular weight is 899 g/mol. The van der Waals surface area contributed by atoms with Crippen LogP contribution in [-0.2, 0) is 21.7 Å². The summed E-state index contributed by atoms with van der Waals surface area (Å²) >= 11 is 0. The molecule has 0 N–H and O–H groups in total. The second-order valence-electron chi connectivity index (χ2n) is 20.4. The van der Waals surface area contributed by atoms with Crippen LogP contribution in [0.4, 0.5) is 0 Å². The van der Waals surface area contributed by atoms with Gasteiger partial charge in [-0.3, -0.25) is 0 Å². The summed E-state index contributed by atoms with van der Waals surface area (Å²) in [4.78, 5) is 0. The van der Waals surface area contributed by atoms with E-state index in [9.17, 15) is 0 Å². The molecule has 0 spiro atoms. The van der Waals surface area contributed by atoms with E-state index >= 15 is 0 Å². The van der Waals surface area contributed by atoms with Gasteiger partial charge in [0, 0.05) is 43.8 Å². The van der Waals surface area contributed by atoms with E-state index in [0.717, 1.165) is 43.8 Å². The predicted octanol–water partition coefficient (Wildman–Crippen LogP) is 17.5. The van der Waals surface area contributed by atoms with Gasteiger partial charge < -0.3 is 35.3 Å². The Morgan fingerprint density at radius 2 is 0.578 bits per heavy atom. The summed E-state index contributed by atoms with van der Waals surface area (Å²) in [7, 11) is -0.807. The normalized spacial score (nSPS) is 12.5. The number of benzene rings is 6. The van der Waals surface area contributed by atoms with E-state index < -0.39 is 27.3 Å². The zero-order chi connectivity index (χ0) is 45.9. The highest BCUT2D eigenvalue weighted by atomic mass is 31.1. The fourth-order valence-electron chi connectivity index (χ4n) is 8.25. The SMILES string of the molecule is COc1c(C(C)(C)C)cc(C(C)(C)C)c(Op2oc3ccccc3c3ccccc3o2)c1-c1c(OC)c(C(C)(C)C)cc(C(C)(C)C)c1Op1oc2ccccc2c2ccccc2o1. The first-order chi connectivity index (χ1) is 30.2. The highest BCUT2D eigenvalue weighted by Crippen LogP contribution is 2.60. The van der Waals surface area contributed by atoms with E-state index in [1.165, 1.54) is 0 Å². The Bertz CT molecular complexity index is 2800. The molecule has 0 saturated carbocycles. The first kappa shape index (κ1) is 44.9. The highest BCUT2D eigenvalue weighted by molar-refractivity contribution is 7.32. The number of fused-ring (bicyclic) bond motifs is 6. The van der Waals surface area contributed by atoms with Gasteiger partial charge in [-0.2, -0.15) is 0 Å². The van der Waals surface area contributed by atoms with Gasteiger partial charge >= 0.3 is 16.5 Å². The molecule has 0 aliphatic heterocycles. The van der Waals surface area contributed by atoms with Crippen molar-refractivity contribution in [2.75, 3.05) is 14.2 Å². The molecule has 0 atom stereocenters. The van der Waals surface area contributed by atoms with Crippen LogP contribution in [0.15, 0.2) is 126 Å². The Hall–Kier alpha value is -5.68. The Morgan fingerprint density at radius 3 is 0.812 bits per heavy atom. The lowest BCUT2D eigenvalue weighted by molar-refractivity contribution is 0.385. The zero-order valence-electron chi connectivity index (χ0n) is 39.6. The Kier molecular flexibility index (Phi) is 11.7. The number of para-hydroxylation sites is 4. The minimum atomic E-state index is -2.12. The number of hydrogen-bond donors (Lipinski definition) is 0. The Morgan fingerprint density at radius 1 is 0.344 bits per heavy atom. The number of methoxy groups -OCH3 is 2. The summed E-state index contributed by atoms with van der Waals surface area (Å²) < 4.78 is 55.3. The molecule has 334 valence electrons. The molecule has 0 saturated heterocycles. The smallest absolute Gasteiger partial charge is 0.453 e. The molecule has 0 aliphatic carbocycles. The molecule has 8 nitrogen and oxygen atoms in total. The third kappa shape index (κ3) is 8.51. The van der Waals surface area contributed by atoms with Gasteiger partial charge in [0.1, 0.15) is 33.8 Å². The number of ether oxygens (including phenoxy) is 2. The zero-order valence-corrected chi connectivity index (χ0v) is 41.3. The van der Waals surface area contributed by atoms with Gasteiger partial charge in [-0.25, -0.2) is 0 Å². The third-order valence-electron chi connectivity index (χ3n) is 11.5. The van der Waals surface area contributed by atoms with Gasteiger partial charge in [0.15, 0.2) is 11.5 Å². The highest BCUT2D eigenvalue weighted by Gasteiger charge is 2.39. The van der Waals surface area contributed by atoms with Crippen LogP contribution in [0.25, 0.3) is 55.0 Å². The van der Waals surface area contributed by atoms with Crippen molar-refractivity contribution in [3.05, 3.63) is 131 Å². The lowest BCUT2D eigenvalue weighted by Gasteiger charge is -2.34. The Balaban J connectivity index is 1.58. The lowest BCUT2D eigenvalue weighted by Crippen LogP contribution is -2.21. The van der Waals surface area contributed by atoms with Crippen LogP contribution in [0, 0.1) is 0 Å². The summed E-state index contributed by atoms with van der Waals surface area (Å²) in [6, 6.07) is 36.3. The monoisotopic (exact) mass is 898 g/mol. The average Bonchev–Trinajstić information content (AvgIpc) is 3.48. The van der Waals surface area contributed by atoms with Gasteiger partial charge in [-0.15, -0.1) is 0 Å². The maximum Gasteiger partial charge on any atom is 0.453 e. The van der Waals surface area contributed by atoms with Gasteiger partial charge in [0.25, 0.3) is 0 Å². The summed E-state index contributed by atoms with van der Waals surface area (Å²) in [5.41, 5.74) is 6.07. The van der Waals surface area contributed by atoms with Crippen LogP contribution in [0.3, 0.4) is 0 Å². The molecule has 64 heavy (non-hydrogen) atoms. The van der Waals surface area contributed by atoms with Crippen LogP contribution in [0.5, 0.6) is 23.0 Å². The Labute approximate surface area is 378 Å². The molecule has 0 amide bonds. The summed E-state index contributed by atoms with van der Waals surface area (Å²) in [6.45, 7) is 26.3. The first-order valence-electron chi connectivity index (χ1n) is 21.8. The summed E-state index contributed by atoms with van der Waals surface area (Å²) in [6.07, 6.45) is 0. The molecular weight excluding hydrogens is 839 g/mol. The van der Waals surface area contributed by atoms with E-state index in [0.29, 0.717) is 56.5 Å². The van der Waals surface area contributed by atoms with Gasteiger partial charge in [0.05, 0.1) is 25.3 Å². The van der Waals surface area contributed by atoms with Crippen molar-refractivity contribution in [2.24, 2.45) is 0 Å². The second kappa shape index (κ2) is 16.7. The van der Waals surface area contributed by atoms with Crippen molar-refractivity contribution >= 4 is 60.4 Å². The molecule has 8 rings (SSSR count). The third-order valence-corrected chi connectivity index (χ3v) is 13.6. The lowest BCUT2D eigenvalue weighted by atomic mass is 9.74. The summed E-state index contributed by atoms with van der Waals surface area (Å²) in [5, 5.41) is 3.68. The van der Waals surface area contributed by atoms with Crippen LogP contribution < -0.4 is 18.5 Å². The largest absolute Gasteiger partial charge is 0.496 e. The molecule has 2 aromatic heterocycles. The van der Waals surface area contributed by atoms with Gasteiger partial charge in [0.2, 0.25) is 0 Å². The quantitative estimate of drug-likeness (QED) is 0.156. The molecule has 10 heteroatoms. The predicted molar refractivity (Wildman–Crippen MR) is 264 cm³/mol. The van der Waals surface area contributed by atoms with E-state index in [-0.39, 0.29) is 10.8 Å². The van der Waals surface area contributed by atoms with E-state index in [1.807, 2.05) is 97.1 Å². The molecule has 8 aromatic rings. The minimum Gasteiger partial charge on any atom is -0.496 e. The second-order valence-corrected chi connectivity index (χ2v) is 22.4. The summed E-state index contributed by atoms with van der Waals surface area (Å²) in [5.74, 6) is 2.28. The van der Waals surface area contributed by atoms with Crippen molar-refractivity contribution in [3.8, 4) is 34.1 Å². The fourth-order valence-corrected chi connectivity index (χ4v) is 10.4. The van der Waals surface area contributed by atoms with Gasteiger partial charge in [-0.05, 0) is 58.1 Å². The minimum absolute atomic E-state index is 0.384. The van der Waals surface area contributed by atoms with E-state index in [4.69, 9.17) is 35.3 Å². The number of rotatable bonds is 7. The molecule has 0 aliphatic rings. The van der Waals surface area contributed by atoms with Crippen molar-refractivity contribution in [3.63, 3.8) is 0 Å². The molecule has 6 aromatic carbocycles. The first-order valence-corrected chi connectivity index (χ1v) is 23.9. The maximum atomic E-state index is 7.38. The number of hydrogen-bond acceptors (Lipinski definition) is 8. The van der Waals surface area contributed by atoms with E-state index in [2.05, 4.69) is 95.2 Å². The molecule has 0 unspecified atom stereocenters. The van der Waals surface area contributed by atoms with Crippen molar-refractivity contribution in [1.82, 2.24) is 0 Å². The van der Waals surface area contributed by atoms with Crippen LogP contribution in [0.1, 0.15) is 105 Å². The maximum absolute atomic E-state index is 7.38. The van der Waals surface area contributed by atoms with E-state index in [1.54, 1.807) is 14.2 Å². The van der Waals surface area contributed by atoms with Crippen LogP contribution >= 0.6 is 16.5 Å².